The Morgan fingerprint density at radius 1 is 0.638 bits per heavy atom. The number of carbonyl (C=O) groups excluding carboxylic acids is 1. The fourth-order valence-electron chi connectivity index (χ4n) is 5.43. The van der Waals surface area contributed by atoms with E-state index in [1.807, 2.05) is 21.1 Å². The van der Waals surface area contributed by atoms with Gasteiger partial charge in [0.25, 0.3) is 0 Å². The van der Waals surface area contributed by atoms with Crippen LogP contribution in [-0.4, -0.2) is 75.6 Å². The molecule has 0 saturated carbocycles. The molecule has 0 heterocycles. The van der Waals surface area contributed by atoms with Crippen molar-refractivity contribution in [3.63, 3.8) is 0 Å². The van der Waals surface area contributed by atoms with Crippen molar-refractivity contribution in [2.24, 2.45) is 0 Å². The number of hydrogen-bond acceptors (Lipinski definition) is 6. The quantitative estimate of drug-likeness (QED) is 0.0230. The second-order valence-electron chi connectivity index (χ2n) is 14.4. The van der Waals surface area contributed by atoms with Gasteiger partial charge in [-0.1, -0.05) is 141 Å². The van der Waals surface area contributed by atoms with Gasteiger partial charge in [-0.25, -0.2) is 4.57 Å². The summed E-state index contributed by atoms with van der Waals surface area (Å²) in [7, 11) is 1.66. The van der Waals surface area contributed by atoms with E-state index in [0.717, 1.165) is 12.8 Å². The van der Waals surface area contributed by atoms with Crippen molar-refractivity contribution < 1.29 is 37.3 Å². The van der Waals surface area contributed by atoms with E-state index >= 15 is 0 Å². The topological polar surface area (TPSA) is 91.3 Å². The summed E-state index contributed by atoms with van der Waals surface area (Å²) in [6.45, 7) is 4.65. The van der Waals surface area contributed by atoms with Crippen LogP contribution in [0.4, 0.5) is 0 Å². The van der Waals surface area contributed by atoms with Crippen molar-refractivity contribution in [3.05, 3.63) is 12.2 Å². The molecule has 0 amide bonds. The molecule has 0 spiro atoms. The van der Waals surface area contributed by atoms with Crippen molar-refractivity contribution in [2.75, 3.05) is 54.1 Å². The summed E-state index contributed by atoms with van der Waals surface area (Å²) in [5, 5.41) is 0. The fourth-order valence-corrected chi connectivity index (χ4v) is 6.17. The Labute approximate surface area is 290 Å². The third-order valence-electron chi connectivity index (χ3n) is 8.38. The molecule has 0 saturated heterocycles. The number of esters is 1. The van der Waals surface area contributed by atoms with Gasteiger partial charge in [0, 0.05) is 13.5 Å². The number of hydrogen-bond donors (Lipinski definition) is 1. The van der Waals surface area contributed by atoms with E-state index in [4.69, 9.17) is 18.5 Å². The summed E-state index contributed by atoms with van der Waals surface area (Å²) in [6, 6.07) is 0. The first kappa shape index (κ1) is 46.2. The number of phosphoric acid groups is 1. The van der Waals surface area contributed by atoms with Gasteiger partial charge in [0.2, 0.25) is 0 Å². The van der Waals surface area contributed by atoms with Crippen LogP contribution in [0.1, 0.15) is 168 Å². The third-order valence-corrected chi connectivity index (χ3v) is 9.36. The van der Waals surface area contributed by atoms with E-state index < -0.39 is 19.9 Å². The van der Waals surface area contributed by atoms with Crippen LogP contribution >= 0.6 is 7.82 Å². The molecule has 47 heavy (non-hydrogen) atoms. The molecule has 0 aromatic heterocycles. The largest absolute Gasteiger partial charge is 0.472 e. The Morgan fingerprint density at radius 2 is 1.06 bits per heavy atom. The number of carbonyl (C=O) groups is 1. The maximum absolute atomic E-state index is 12.1. The van der Waals surface area contributed by atoms with E-state index in [9.17, 15) is 14.3 Å². The van der Waals surface area contributed by atoms with Crippen LogP contribution in [0.5, 0.6) is 0 Å². The number of allylic oxidation sites excluding steroid dienone is 2. The smallest absolute Gasteiger partial charge is 0.458 e. The van der Waals surface area contributed by atoms with Crippen molar-refractivity contribution in [1.29, 1.82) is 0 Å². The fraction of sp³-hybridized carbons (Fsp3) is 0.921. The van der Waals surface area contributed by atoms with Crippen LogP contribution < -0.4 is 0 Å². The summed E-state index contributed by atoms with van der Waals surface area (Å²) in [5.74, 6) is -0.487. The summed E-state index contributed by atoms with van der Waals surface area (Å²) < 4.78 is 33.6. The van der Waals surface area contributed by atoms with Gasteiger partial charge in [-0.15, -0.1) is 0 Å². The lowest BCUT2D eigenvalue weighted by atomic mass is 10.0. The Kier molecular flexibility index (Phi) is 31.9. The Morgan fingerprint density at radius 3 is 1.49 bits per heavy atom. The van der Waals surface area contributed by atoms with Crippen molar-refractivity contribution in [2.45, 2.75) is 174 Å². The molecule has 0 aliphatic heterocycles. The SMILES string of the molecule is CCCCCCCCCC/C=C\CCCCCCCCCCCCCCCCOCC(COP(=O)(O)OCC[N+](C)(C)C)OC(C)=O. The predicted octanol–water partition coefficient (Wildman–Crippen LogP) is 10.7. The molecule has 0 aromatic rings. The molecule has 280 valence electrons. The zero-order chi connectivity index (χ0) is 34.9. The minimum absolute atomic E-state index is 0.0874. The molecule has 0 aliphatic carbocycles. The molecule has 8 nitrogen and oxygen atoms in total. The minimum atomic E-state index is -4.22. The van der Waals surface area contributed by atoms with Crippen molar-refractivity contribution in [1.82, 2.24) is 0 Å². The van der Waals surface area contributed by atoms with Crippen LogP contribution in [0, 0.1) is 0 Å². The third kappa shape index (κ3) is 37.9. The summed E-state index contributed by atoms with van der Waals surface area (Å²) in [4.78, 5) is 21.3. The normalized spacial score (nSPS) is 14.1. The molecule has 0 aromatic carbocycles. The number of quaternary nitrogens is 1. The first-order chi connectivity index (χ1) is 22.6. The second-order valence-corrected chi connectivity index (χ2v) is 15.8. The van der Waals surface area contributed by atoms with Gasteiger partial charge in [-0.2, -0.15) is 0 Å². The second kappa shape index (κ2) is 32.4. The van der Waals surface area contributed by atoms with Gasteiger partial charge in [0.1, 0.15) is 19.3 Å². The Bertz CT molecular complexity index is 772. The van der Waals surface area contributed by atoms with Crippen molar-refractivity contribution >= 4 is 13.8 Å². The van der Waals surface area contributed by atoms with Crippen molar-refractivity contribution in [3.8, 4) is 0 Å². The van der Waals surface area contributed by atoms with Crippen LogP contribution in [0.15, 0.2) is 12.2 Å². The summed E-state index contributed by atoms with van der Waals surface area (Å²) in [5.41, 5.74) is 0. The van der Waals surface area contributed by atoms with E-state index in [1.165, 1.54) is 148 Å². The van der Waals surface area contributed by atoms with Gasteiger partial charge < -0.3 is 18.9 Å². The molecule has 0 rings (SSSR count). The van der Waals surface area contributed by atoms with E-state index in [0.29, 0.717) is 17.6 Å². The zero-order valence-corrected chi connectivity index (χ0v) is 32.4. The molecular formula is C38H77NO7P+. The van der Waals surface area contributed by atoms with E-state index in [-0.39, 0.29) is 19.8 Å². The molecule has 9 heteroatoms. The first-order valence-electron chi connectivity index (χ1n) is 19.4. The number of rotatable bonds is 36. The molecule has 2 unspecified atom stereocenters. The van der Waals surface area contributed by atoms with Crippen LogP contribution in [-0.2, 0) is 27.9 Å². The number of phosphoric ester groups is 1. The van der Waals surface area contributed by atoms with Crippen LogP contribution in [0.3, 0.4) is 0 Å². The Balaban J connectivity index is 3.52. The number of ether oxygens (including phenoxy) is 2. The lowest BCUT2D eigenvalue weighted by Crippen LogP contribution is -2.37. The van der Waals surface area contributed by atoms with Gasteiger partial charge in [0.15, 0.2) is 0 Å². The highest BCUT2D eigenvalue weighted by Gasteiger charge is 2.25. The number of nitrogens with zero attached hydrogens (tertiary/aromatic N) is 1. The maximum Gasteiger partial charge on any atom is 0.472 e. The molecule has 0 radical (unpaired) electrons. The molecule has 0 aliphatic rings. The Hall–Kier alpha value is -0.760. The molecular weight excluding hydrogens is 613 g/mol. The standard InChI is InChI=1S/C38H76NO7P/c1-6-7-8-9-10-11-12-13-14-15-16-17-18-19-20-21-22-23-24-25-26-27-28-29-30-31-33-43-35-38(46-37(2)40)36-45-47(41,42)44-34-32-39(3,4)5/h15-16,38H,6-14,17-36H2,1-5H3/p+1/b16-15-. The van der Waals surface area contributed by atoms with Gasteiger partial charge in [-0.3, -0.25) is 13.8 Å². The summed E-state index contributed by atoms with van der Waals surface area (Å²) >= 11 is 0. The monoisotopic (exact) mass is 691 g/mol. The number of likely N-dealkylation sites (N-methyl/N-ethyl adjacent to an activating group) is 1. The minimum Gasteiger partial charge on any atom is -0.458 e. The van der Waals surface area contributed by atoms with Gasteiger partial charge in [0.05, 0.1) is 34.4 Å². The van der Waals surface area contributed by atoms with Crippen LogP contribution in [0.25, 0.3) is 0 Å². The first-order valence-corrected chi connectivity index (χ1v) is 20.9. The molecule has 1 N–H and O–H groups in total. The lowest BCUT2D eigenvalue weighted by Gasteiger charge is -2.24. The maximum atomic E-state index is 12.1. The lowest BCUT2D eigenvalue weighted by molar-refractivity contribution is -0.870. The summed E-state index contributed by atoms with van der Waals surface area (Å²) in [6.07, 6.45) is 36.0. The van der Waals surface area contributed by atoms with E-state index in [1.54, 1.807) is 0 Å². The molecule has 2 atom stereocenters. The molecule has 0 bridgehead atoms. The van der Waals surface area contributed by atoms with Gasteiger partial charge in [-0.05, 0) is 32.1 Å². The highest BCUT2D eigenvalue weighted by Crippen LogP contribution is 2.43. The predicted molar refractivity (Wildman–Crippen MR) is 197 cm³/mol. The average molecular weight is 691 g/mol. The highest BCUT2D eigenvalue weighted by atomic mass is 31.2. The zero-order valence-electron chi connectivity index (χ0n) is 31.5. The average Bonchev–Trinajstić information content (AvgIpc) is 3.00. The van der Waals surface area contributed by atoms with Crippen LogP contribution in [0.2, 0.25) is 0 Å². The van der Waals surface area contributed by atoms with Gasteiger partial charge >= 0.3 is 13.8 Å². The van der Waals surface area contributed by atoms with E-state index in [2.05, 4.69) is 19.1 Å². The highest BCUT2D eigenvalue weighted by molar-refractivity contribution is 7.47. The number of unbranched alkanes of at least 4 members (excludes halogenated alkanes) is 22. The molecule has 0 fully saturated rings.